The number of pyridine rings is 1. The minimum absolute atomic E-state index is 0.336. The number of thioether (sulfide) groups is 1. The molecule has 2 N–H and O–H groups in total. The van der Waals surface area contributed by atoms with Crippen LogP contribution in [0, 0.1) is 6.92 Å². The lowest BCUT2D eigenvalue weighted by atomic mass is 10.2. The van der Waals surface area contributed by atoms with E-state index in [1.54, 1.807) is 18.8 Å². The molecule has 0 saturated heterocycles. The zero-order valence-corrected chi connectivity index (χ0v) is 13.3. The van der Waals surface area contributed by atoms with E-state index in [1.165, 1.54) is 4.90 Å². The van der Waals surface area contributed by atoms with E-state index in [4.69, 9.17) is 5.11 Å². The Kier molecular flexibility index (Phi) is 7.01. The van der Waals surface area contributed by atoms with Crippen LogP contribution in [0.5, 0.6) is 0 Å². The molecule has 7 heteroatoms. The van der Waals surface area contributed by atoms with Gasteiger partial charge in [0.1, 0.15) is 6.04 Å². The van der Waals surface area contributed by atoms with Gasteiger partial charge < -0.3 is 15.3 Å². The number of aromatic nitrogens is 1. The summed E-state index contributed by atoms with van der Waals surface area (Å²) >= 11 is 1.55. The number of hydrogen-bond donors (Lipinski definition) is 2. The van der Waals surface area contributed by atoms with E-state index in [0.29, 0.717) is 18.7 Å². The third-order valence-corrected chi connectivity index (χ3v) is 3.54. The highest BCUT2D eigenvalue weighted by atomic mass is 32.2. The fourth-order valence-electron chi connectivity index (χ4n) is 1.75. The number of rotatable bonds is 7. The number of aryl methyl sites for hydroxylation is 1. The molecule has 0 aliphatic heterocycles. The largest absolute Gasteiger partial charge is 0.480 e. The molecule has 6 nitrogen and oxygen atoms in total. The van der Waals surface area contributed by atoms with E-state index in [9.17, 15) is 9.59 Å². The summed E-state index contributed by atoms with van der Waals surface area (Å²) in [6.45, 7) is 2.22. The molecule has 1 atom stereocenters. The van der Waals surface area contributed by atoms with E-state index in [0.717, 1.165) is 11.4 Å². The quantitative estimate of drug-likeness (QED) is 0.801. The number of carbonyl (C=O) groups excluding carboxylic acids is 1. The van der Waals surface area contributed by atoms with Crippen molar-refractivity contribution in [2.45, 2.75) is 25.9 Å². The number of carboxylic acids is 1. The maximum absolute atomic E-state index is 12.0. The molecule has 116 valence electrons. The van der Waals surface area contributed by atoms with Crippen molar-refractivity contribution >= 4 is 23.8 Å². The predicted octanol–water partition coefficient (Wildman–Crippen LogP) is 1.74. The maximum atomic E-state index is 12.0. The summed E-state index contributed by atoms with van der Waals surface area (Å²) < 4.78 is 0. The molecule has 0 aromatic carbocycles. The van der Waals surface area contributed by atoms with Gasteiger partial charge in [-0.3, -0.25) is 4.98 Å². The Morgan fingerprint density at radius 3 is 2.76 bits per heavy atom. The standard InChI is InChI=1S/C14H21N3O3S/c1-10-5-4-6-11(15-10)9-17(2)14(20)16-12(13(18)19)7-8-21-3/h4-6,12H,7-9H2,1-3H3,(H,16,20)(H,18,19). The molecule has 0 radical (unpaired) electrons. The highest BCUT2D eigenvalue weighted by Gasteiger charge is 2.21. The van der Waals surface area contributed by atoms with Gasteiger partial charge in [-0.25, -0.2) is 9.59 Å². The Morgan fingerprint density at radius 2 is 2.19 bits per heavy atom. The Balaban J connectivity index is 2.58. The molecule has 21 heavy (non-hydrogen) atoms. The smallest absolute Gasteiger partial charge is 0.326 e. The van der Waals surface area contributed by atoms with Gasteiger partial charge in [0.15, 0.2) is 0 Å². The second-order valence-electron chi connectivity index (χ2n) is 4.75. The Morgan fingerprint density at radius 1 is 1.48 bits per heavy atom. The molecule has 1 heterocycles. The summed E-state index contributed by atoms with van der Waals surface area (Å²) in [7, 11) is 1.62. The molecule has 1 rings (SSSR count). The molecule has 1 aromatic rings. The van der Waals surface area contributed by atoms with Crippen molar-refractivity contribution in [2.24, 2.45) is 0 Å². The zero-order valence-electron chi connectivity index (χ0n) is 12.5. The first kappa shape index (κ1) is 17.3. The lowest BCUT2D eigenvalue weighted by Gasteiger charge is -2.21. The van der Waals surface area contributed by atoms with Crippen molar-refractivity contribution in [1.29, 1.82) is 0 Å². The van der Waals surface area contributed by atoms with Gasteiger partial charge in [-0.15, -0.1) is 0 Å². The molecule has 1 unspecified atom stereocenters. The highest BCUT2D eigenvalue weighted by Crippen LogP contribution is 2.04. The van der Waals surface area contributed by atoms with Gasteiger partial charge in [0, 0.05) is 12.7 Å². The van der Waals surface area contributed by atoms with Crippen LogP contribution in [0.15, 0.2) is 18.2 Å². The molecule has 1 aromatic heterocycles. The molecule has 0 bridgehead atoms. The molecule has 0 fully saturated rings. The number of nitrogens with one attached hydrogen (secondary N) is 1. The molecule has 0 aliphatic carbocycles. The fraction of sp³-hybridized carbons (Fsp3) is 0.500. The molecule has 0 aliphatic rings. The number of carboxylic acid groups (broad SMARTS) is 1. The van der Waals surface area contributed by atoms with E-state index in [-0.39, 0.29) is 0 Å². The third-order valence-electron chi connectivity index (χ3n) is 2.90. The lowest BCUT2D eigenvalue weighted by Crippen LogP contribution is -2.46. The summed E-state index contributed by atoms with van der Waals surface area (Å²) in [5.74, 6) is -0.333. The van der Waals surface area contributed by atoms with Gasteiger partial charge in [0.2, 0.25) is 0 Å². The molecular weight excluding hydrogens is 290 g/mol. The van der Waals surface area contributed by atoms with Crippen LogP contribution in [0.4, 0.5) is 4.79 Å². The molecule has 2 amide bonds. The first-order valence-electron chi connectivity index (χ1n) is 6.60. The van der Waals surface area contributed by atoms with E-state index in [2.05, 4.69) is 10.3 Å². The Hall–Kier alpha value is -1.76. The second kappa shape index (κ2) is 8.51. The monoisotopic (exact) mass is 311 g/mol. The second-order valence-corrected chi connectivity index (χ2v) is 5.73. The molecule has 0 saturated carbocycles. The van der Waals surface area contributed by atoms with Gasteiger partial charge >= 0.3 is 12.0 Å². The van der Waals surface area contributed by atoms with Crippen molar-refractivity contribution in [1.82, 2.24) is 15.2 Å². The van der Waals surface area contributed by atoms with E-state index in [1.807, 2.05) is 31.4 Å². The first-order valence-corrected chi connectivity index (χ1v) is 7.99. The van der Waals surface area contributed by atoms with Gasteiger partial charge in [0.05, 0.1) is 12.2 Å². The van der Waals surface area contributed by atoms with Crippen molar-refractivity contribution in [3.05, 3.63) is 29.6 Å². The zero-order chi connectivity index (χ0) is 15.8. The normalized spacial score (nSPS) is 11.8. The third kappa shape index (κ3) is 6.03. The summed E-state index contributed by atoms with van der Waals surface area (Å²) in [4.78, 5) is 28.9. The molecular formula is C14H21N3O3S. The van der Waals surface area contributed by atoms with Crippen LogP contribution in [0.2, 0.25) is 0 Å². The van der Waals surface area contributed by atoms with Crippen LogP contribution in [-0.2, 0) is 11.3 Å². The van der Waals surface area contributed by atoms with Crippen LogP contribution in [0.3, 0.4) is 0 Å². The lowest BCUT2D eigenvalue weighted by molar-refractivity contribution is -0.139. The highest BCUT2D eigenvalue weighted by molar-refractivity contribution is 7.98. The van der Waals surface area contributed by atoms with Crippen LogP contribution < -0.4 is 5.32 Å². The Labute approximate surface area is 128 Å². The van der Waals surface area contributed by atoms with E-state index < -0.39 is 18.0 Å². The summed E-state index contributed by atoms with van der Waals surface area (Å²) in [6.07, 6.45) is 2.30. The maximum Gasteiger partial charge on any atom is 0.326 e. The van der Waals surface area contributed by atoms with Crippen LogP contribution >= 0.6 is 11.8 Å². The number of nitrogens with zero attached hydrogens (tertiary/aromatic N) is 2. The van der Waals surface area contributed by atoms with Gasteiger partial charge in [-0.2, -0.15) is 11.8 Å². The SMILES string of the molecule is CSCCC(NC(=O)N(C)Cc1cccc(C)n1)C(=O)O. The van der Waals surface area contributed by atoms with Crippen LogP contribution in [0.1, 0.15) is 17.8 Å². The predicted molar refractivity (Wildman–Crippen MR) is 83.4 cm³/mol. The van der Waals surface area contributed by atoms with Gasteiger partial charge in [0.25, 0.3) is 0 Å². The number of amides is 2. The minimum Gasteiger partial charge on any atom is -0.480 e. The molecule has 0 spiro atoms. The fourth-order valence-corrected chi connectivity index (χ4v) is 2.23. The van der Waals surface area contributed by atoms with Crippen molar-refractivity contribution in [3.63, 3.8) is 0 Å². The van der Waals surface area contributed by atoms with Gasteiger partial charge in [-0.1, -0.05) is 6.07 Å². The first-order chi connectivity index (χ1) is 9.93. The summed E-state index contributed by atoms with van der Waals surface area (Å²) in [5.41, 5.74) is 1.65. The number of hydrogen-bond acceptors (Lipinski definition) is 4. The van der Waals surface area contributed by atoms with Crippen LogP contribution in [0.25, 0.3) is 0 Å². The number of urea groups is 1. The van der Waals surface area contributed by atoms with Crippen molar-refractivity contribution < 1.29 is 14.7 Å². The Bertz CT molecular complexity index is 496. The van der Waals surface area contributed by atoms with Crippen molar-refractivity contribution in [2.75, 3.05) is 19.1 Å². The van der Waals surface area contributed by atoms with Crippen molar-refractivity contribution in [3.8, 4) is 0 Å². The average molecular weight is 311 g/mol. The van der Waals surface area contributed by atoms with Gasteiger partial charge in [-0.05, 0) is 37.5 Å². The average Bonchev–Trinajstić information content (AvgIpc) is 2.42. The van der Waals surface area contributed by atoms with E-state index >= 15 is 0 Å². The number of aliphatic carboxylic acids is 1. The van der Waals surface area contributed by atoms with Crippen LogP contribution in [-0.4, -0.2) is 52.1 Å². The summed E-state index contributed by atoms with van der Waals surface area (Å²) in [5, 5.41) is 11.6. The number of carbonyl (C=O) groups is 2. The topological polar surface area (TPSA) is 82.5 Å². The summed E-state index contributed by atoms with van der Waals surface area (Å²) in [6, 6.07) is 4.32. The minimum atomic E-state index is -1.01.